The Balaban J connectivity index is 2.17. The minimum absolute atomic E-state index is 0.0772. The second-order valence-electron chi connectivity index (χ2n) is 6.90. The van der Waals surface area contributed by atoms with Gasteiger partial charge in [-0.25, -0.2) is 22.0 Å². The lowest BCUT2D eigenvalue weighted by molar-refractivity contribution is -0.143. The summed E-state index contributed by atoms with van der Waals surface area (Å²) in [5, 5.41) is 0. The molecule has 0 unspecified atom stereocenters. The summed E-state index contributed by atoms with van der Waals surface area (Å²) in [5.41, 5.74) is -1.02. The van der Waals surface area contributed by atoms with E-state index >= 15 is 0 Å². The molecule has 2 aromatic rings. The van der Waals surface area contributed by atoms with Gasteiger partial charge in [0.25, 0.3) is 0 Å². The van der Waals surface area contributed by atoms with Gasteiger partial charge in [-0.1, -0.05) is 12.1 Å². The van der Waals surface area contributed by atoms with Crippen LogP contribution in [0.15, 0.2) is 52.9 Å². The summed E-state index contributed by atoms with van der Waals surface area (Å²) in [4.78, 5) is 25.4. The molecule has 28 heavy (non-hydrogen) atoms. The van der Waals surface area contributed by atoms with Crippen LogP contribution in [0.5, 0.6) is 0 Å². The fraction of sp³-hybridized carbons (Fsp3) is 0.200. The lowest BCUT2D eigenvalue weighted by Crippen LogP contribution is -2.22. The molecule has 0 N–H and O–H groups in total. The maximum absolute atomic E-state index is 13.5. The smallest absolute Gasteiger partial charge is 0.343 e. The van der Waals surface area contributed by atoms with E-state index in [2.05, 4.69) is 0 Å². The Morgan fingerprint density at radius 2 is 1.61 bits per heavy atom. The second-order valence-corrected chi connectivity index (χ2v) is 8.92. The molecule has 0 bridgehead atoms. The first-order valence-corrected chi connectivity index (χ1v) is 10.1. The highest BCUT2D eigenvalue weighted by Gasteiger charge is 2.44. The Bertz CT molecular complexity index is 1130. The Kier molecular flexibility index (Phi) is 4.71. The standard InChI is InChI=1S/C20H16F2O5S/c1-20(2)17(11-4-7-13(8-5-11)28(3,25)26)16(19(24)27-20)18(23)12-6-9-14(21)15(22)10-12/h4-10H,1-3H3. The molecule has 0 amide bonds. The molecule has 3 rings (SSSR count). The maximum atomic E-state index is 13.5. The number of ether oxygens (including phenoxy) is 1. The van der Waals surface area contributed by atoms with Crippen molar-refractivity contribution in [2.24, 2.45) is 0 Å². The first-order valence-electron chi connectivity index (χ1n) is 8.20. The molecule has 0 spiro atoms. The second kappa shape index (κ2) is 6.63. The van der Waals surface area contributed by atoms with Crippen LogP contribution >= 0.6 is 0 Å². The van der Waals surface area contributed by atoms with Crippen LogP contribution in [0.2, 0.25) is 0 Å². The zero-order valence-corrected chi connectivity index (χ0v) is 16.1. The Hall–Kier alpha value is -2.87. The quantitative estimate of drug-likeness (QED) is 0.442. The van der Waals surface area contributed by atoms with E-state index in [1.54, 1.807) is 13.8 Å². The average Bonchev–Trinajstić information content (AvgIpc) is 2.84. The molecule has 0 radical (unpaired) electrons. The summed E-state index contributed by atoms with van der Waals surface area (Å²) in [7, 11) is -3.42. The van der Waals surface area contributed by atoms with E-state index < -0.39 is 38.8 Å². The predicted molar refractivity (Wildman–Crippen MR) is 97.3 cm³/mol. The first kappa shape index (κ1) is 19.9. The van der Waals surface area contributed by atoms with Crippen molar-refractivity contribution in [2.75, 3.05) is 6.26 Å². The summed E-state index contributed by atoms with van der Waals surface area (Å²) in [6.07, 6.45) is 1.06. The van der Waals surface area contributed by atoms with Gasteiger partial charge in [0.1, 0.15) is 11.2 Å². The normalized spacial score (nSPS) is 16.2. The van der Waals surface area contributed by atoms with E-state index in [0.717, 1.165) is 18.4 Å². The van der Waals surface area contributed by atoms with Gasteiger partial charge >= 0.3 is 5.97 Å². The molecule has 0 aromatic heterocycles. The van der Waals surface area contributed by atoms with Gasteiger partial charge in [-0.2, -0.15) is 0 Å². The molecule has 146 valence electrons. The zero-order chi connectivity index (χ0) is 20.9. The molecule has 5 nitrogen and oxygen atoms in total. The number of esters is 1. The molecule has 0 fully saturated rings. The van der Waals surface area contributed by atoms with Crippen molar-refractivity contribution in [1.82, 2.24) is 0 Å². The number of halogens is 2. The number of carbonyl (C=O) groups excluding carboxylic acids is 2. The molecule has 1 aliphatic rings. The van der Waals surface area contributed by atoms with Crippen LogP contribution < -0.4 is 0 Å². The third-order valence-corrected chi connectivity index (χ3v) is 5.51. The fourth-order valence-electron chi connectivity index (χ4n) is 3.09. The molecule has 0 saturated carbocycles. The lowest BCUT2D eigenvalue weighted by atomic mass is 9.87. The van der Waals surface area contributed by atoms with Crippen molar-refractivity contribution in [3.8, 4) is 0 Å². The van der Waals surface area contributed by atoms with E-state index in [4.69, 9.17) is 4.74 Å². The van der Waals surface area contributed by atoms with Crippen LogP contribution in [0, 0.1) is 11.6 Å². The van der Waals surface area contributed by atoms with Gasteiger partial charge < -0.3 is 4.74 Å². The van der Waals surface area contributed by atoms with Crippen LogP contribution in [0.4, 0.5) is 8.78 Å². The van der Waals surface area contributed by atoms with Crippen molar-refractivity contribution < 1.29 is 31.5 Å². The van der Waals surface area contributed by atoms with Crippen LogP contribution in [-0.4, -0.2) is 32.0 Å². The molecular weight excluding hydrogens is 390 g/mol. The summed E-state index contributed by atoms with van der Waals surface area (Å²) < 4.78 is 55.3. The number of carbonyl (C=O) groups is 2. The van der Waals surface area contributed by atoms with Gasteiger partial charge in [0.2, 0.25) is 5.78 Å². The van der Waals surface area contributed by atoms with Gasteiger partial charge in [-0.05, 0) is 49.7 Å². The number of Topliss-reactive ketones (excluding diaryl/α,β-unsaturated/α-hetero) is 1. The van der Waals surface area contributed by atoms with Crippen molar-refractivity contribution in [1.29, 1.82) is 0 Å². The lowest BCUT2D eigenvalue weighted by Gasteiger charge is -2.21. The fourth-order valence-corrected chi connectivity index (χ4v) is 3.72. The summed E-state index contributed by atoms with van der Waals surface area (Å²) in [5.74, 6) is -4.02. The number of cyclic esters (lactones) is 1. The average molecular weight is 406 g/mol. The topological polar surface area (TPSA) is 77.5 Å². The highest BCUT2D eigenvalue weighted by Crippen LogP contribution is 2.41. The van der Waals surface area contributed by atoms with E-state index in [-0.39, 0.29) is 21.6 Å². The van der Waals surface area contributed by atoms with Crippen LogP contribution in [0.25, 0.3) is 5.57 Å². The molecule has 0 saturated heterocycles. The van der Waals surface area contributed by atoms with Gasteiger partial charge in [0.15, 0.2) is 21.5 Å². The van der Waals surface area contributed by atoms with Gasteiger partial charge in [-0.3, -0.25) is 4.79 Å². The van der Waals surface area contributed by atoms with Crippen molar-refractivity contribution >= 4 is 27.2 Å². The Morgan fingerprint density at radius 1 is 1.00 bits per heavy atom. The number of benzene rings is 2. The number of ketones is 1. The van der Waals surface area contributed by atoms with Crippen molar-refractivity contribution in [2.45, 2.75) is 24.3 Å². The van der Waals surface area contributed by atoms with Gasteiger partial charge in [-0.15, -0.1) is 0 Å². The van der Waals surface area contributed by atoms with Crippen molar-refractivity contribution in [3.05, 3.63) is 70.8 Å². The van der Waals surface area contributed by atoms with E-state index in [1.807, 2.05) is 0 Å². The largest absolute Gasteiger partial charge is 0.451 e. The SMILES string of the molecule is CC1(C)OC(=O)C(C(=O)c2ccc(F)c(F)c2)=C1c1ccc(S(C)(=O)=O)cc1. The molecule has 1 heterocycles. The zero-order valence-electron chi connectivity index (χ0n) is 15.2. The minimum Gasteiger partial charge on any atom is -0.451 e. The number of rotatable bonds is 4. The summed E-state index contributed by atoms with van der Waals surface area (Å²) in [6.45, 7) is 3.16. The highest BCUT2D eigenvalue weighted by atomic mass is 32.2. The van der Waals surface area contributed by atoms with Gasteiger partial charge in [0, 0.05) is 17.4 Å². The molecular formula is C20H16F2O5S. The Labute approximate surface area is 160 Å². The van der Waals surface area contributed by atoms with E-state index in [1.165, 1.54) is 24.3 Å². The number of hydrogen-bond acceptors (Lipinski definition) is 5. The highest BCUT2D eigenvalue weighted by molar-refractivity contribution is 7.90. The van der Waals surface area contributed by atoms with E-state index in [0.29, 0.717) is 11.6 Å². The van der Waals surface area contributed by atoms with Gasteiger partial charge in [0.05, 0.1) is 4.90 Å². The third kappa shape index (κ3) is 3.47. The molecule has 2 aromatic carbocycles. The first-order chi connectivity index (χ1) is 12.9. The van der Waals surface area contributed by atoms with Crippen LogP contribution in [-0.2, 0) is 19.4 Å². The summed E-state index contributed by atoms with van der Waals surface area (Å²) >= 11 is 0. The summed E-state index contributed by atoms with van der Waals surface area (Å²) in [6, 6.07) is 8.24. The Morgan fingerprint density at radius 3 is 2.14 bits per heavy atom. The molecule has 0 atom stereocenters. The molecule has 8 heteroatoms. The van der Waals surface area contributed by atoms with E-state index in [9.17, 15) is 26.8 Å². The van der Waals surface area contributed by atoms with Crippen molar-refractivity contribution in [3.63, 3.8) is 0 Å². The molecule has 0 aliphatic carbocycles. The number of hydrogen-bond donors (Lipinski definition) is 0. The monoisotopic (exact) mass is 406 g/mol. The third-order valence-electron chi connectivity index (χ3n) is 4.38. The van der Waals surface area contributed by atoms with Crippen LogP contribution in [0.3, 0.4) is 0 Å². The predicted octanol–water partition coefficient (Wildman–Crippen LogP) is 3.34. The maximum Gasteiger partial charge on any atom is 0.343 e. The number of sulfone groups is 1. The minimum atomic E-state index is -3.42. The molecule has 1 aliphatic heterocycles. The van der Waals surface area contributed by atoms with Crippen LogP contribution in [0.1, 0.15) is 29.8 Å².